The third kappa shape index (κ3) is 3.62. The molecule has 0 aliphatic heterocycles. The van der Waals surface area contributed by atoms with Crippen molar-refractivity contribution in [3.63, 3.8) is 0 Å². The zero-order chi connectivity index (χ0) is 11.3. The third-order valence-electron chi connectivity index (χ3n) is 2.17. The molecular formula is C12H18N2O. The summed E-state index contributed by atoms with van der Waals surface area (Å²) in [6.45, 7) is 4.68. The SMILES string of the molecule is COc1cccc(CN=C(N)C(C)C)c1. The Morgan fingerprint density at radius 1 is 1.47 bits per heavy atom. The summed E-state index contributed by atoms with van der Waals surface area (Å²) in [7, 11) is 1.66. The highest BCUT2D eigenvalue weighted by molar-refractivity contribution is 5.82. The zero-order valence-electron chi connectivity index (χ0n) is 9.53. The lowest BCUT2D eigenvalue weighted by atomic mass is 10.2. The van der Waals surface area contributed by atoms with E-state index in [0.29, 0.717) is 18.3 Å². The zero-order valence-corrected chi connectivity index (χ0v) is 9.53. The summed E-state index contributed by atoms with van der Waals surface area (Å²) in [5.74, 6) is 1.85. The fourth-order valence-electron chi connectivity index (χ4n) is 1.14. The molecule has 0 bridgehead atoms. The topological polar surface area (TPSA) is 47.6 Å². The Labute approximate surface area is 91.0 Å². The van der Waals surface area contributed by atoms with Crippen molar-refractivity contribution in [2.45, 2.75) is 20.4 Å². The molecule has 0 heterocycles. The van der Waals surface area contributed by atoms with Crippen LogP contribution in [-0.2, 0) is 6.54 Å². The maximum Gasteiger partial charge on any atom is 0.119 e. The fourth-order valence-corrected chi connectivity index (χ4v) is 1.14. The quantitative estimate of drug-likeness (QED) is 0.606. The maximum absolute atomic E-state index is 5.75. The smallest absolute Gasteiger partial charge is 0.119 e. The molecular weight excluding hydrogens is 188 g/mol. The van der Waals surface area contributed by atoms with Crippen LogP contribution in [0.4, 0.5) is 0 Å². The number of nitrogens with zero attached hydrogens (tertiary/aromatic N) is 1. The number of hydrogen-bond acceptors (Lipinski definition) is 2. The van der Waals surface area contributed by atoms with Crippen molar-refractivity contribution in [3.8, 4) is 5.75 Å². The molecule has 82 valence electrons. The lowest BCUT2D eigenvalue weighted by Crippen LogP contribution is -2.18. The molecule has 0 spiro atoms. The Morgan fingerprint density at radius 2 is 2.20 bits per heavy atom. The van der Waals surface area contributed by atoms with E-state index in [1.807, 2.05) is 38.1 Å². The van der Waals surface area contributed by atoms with Crippen LogP contribution in [0.3, 0.4) is 0 Å². The molecule has 0 aliphatic carbocycles. The van der Waals surface area contributed by atoms with E-state index < -0.39 is 0 Å². The first-order chi connectivity index (χ1) is 7.13. The molecule has 0 saturated heterocycles. The van der Waals surface area contributed by atoms with E-state index >= 15 is 0 Å². The molecule has 0 aliphatic rings. The number of amidine groups is 1. The summed E-state index contributed by atoms with van der Waals surface area (Å²) in [6.07, 6.45) is 0. The molecule has 0 atom stereocenters. The maximum atomic E-state index is 5.75. The Balaban J connectivity index is 2.69. The van der Waals surface area contributed by atoms with Gasteiger partial charge in [0.2, 0.25) is 0 Å². The van der Waals surface area contributed by atoms with Gasteiger partial charge in [-0.15, -0.1) is 0 Å². The second-order valence-corrected chi connectivity index (χ2v) is 3.75. The summed E-state index contributed by atoms with van der Waals surface area (Å²) < 4.78 is 5.13. The molecule has 3 nitrogen and oxygen atoms in total. The highest BCUT2D eigenvalue weighted by Crippen LogP contribution is 2.13. The van der Waals surface area contributed by atoms with Gasteiger partial charge in [0.1, 0.15) is 5.75 Å². The first-order valence-corrected chi connectivity index (χ1v) is 5.06. The number of ether oxygens (including phenoxy) is 1. The molecule has 1 rings (SSSR count). The van der Waals surface area contributed by atoms with Crippen LogP contribution in [0.15, 0.2) is 29.3 Å². The lowest BCUT2D eigenvalue weighted by Gasteiger charge is -2.05. The molecule has 1 aromatic rings. The third-order valence-corrected chi connectivity index (χ3v) is 2.17. The van der Waals surface area contributed by atoms with E-state index in [1.165, 1.54) is 0 Å². The largest absolute Gasteiger partial charge is 0.497 e. The molecule has 15 heavy (non-hydrogen) atoms. The molecule has 1 aromatic carbocycles. The van der Waals surface area contributed by atoms with Gasteiger partial charge < -0.3 is 10.5 Å². The van der Waals surface area contributed by atoms with E-state index in [0.717, 1.165) is 11.3 Å². The second kappa shape index (κ2) is 5.39. The van der Waals surface area contributed by atoms with Crippen LogP contribution in [0.2, 0.25) is 0 Å². The van der Waals surface area contributed by atoms with Gasteiger partial charge in [0.05, 0.1) is 19.5 Å². The van der Waals surface area contributed by atoms with Crippen LogP contribution in [0, 0.1) is 5.92 Å². The molecule has 0 fully saturated rings. The van der Waals surface area contributed by atoms with Crippen molar-refractivity contribution in [1.82, 2.24) is 0 Å². The van der Waals surface area contributed by atoms with Crippen LogP contribution in [-0.4, -0.2) is 12.9 Å². The van der Waals surface area contributed by atoms with E-state index in [1.54, 1.807) is 7.11 Å². The van der Waals surface area contributed by atoms with Crippen molar-refractivity contribution in [2.75, 3.05) is 7.11 Å². The summed E-state index contributed by atoms with van der Waals surface area (Å²) >= 11 is 0. The van der Waals surface area contributed by atoms with Gasteiger partial charge in [-0.2, -0.15) is 0 Å². The number of nitrogens with two attached hydrogens (primary N) is 1. The van der Waals surface area contributed by atoms with Crippen molar-refractivity contribution in [3.05, 3.63) is 29.8 Å². The molecule has 0 amide bonds. The molecule has 0 unspecified atom stereocenters. The Kier molecular flexibility index (Phi) is 4.16. The minimum absolute atomic E-state index is 0.301. The second-order valence-electron chi connectivity index (χ2n) is 3.75. The predicted molar refractivity (Wildman–Crippen MR) is 63.2 cm³/mol. The van der Waals surface area contributed by atoms with E-state index in [2.05, 4.69) is 4.99 Å². The van der Waals surface area contributed by atoms with Crippen molar-refractivity contribution >= 4 is 5.84 Å². The minimum Gasteiger partial charge on any atom is -0.497 e. The van der Waals surface area contributed by atoms with Gasteiger partial charge >= 0.3 is 0 Å². The fraction of sp³-hybridized carbons (Fsp3) is 0.417. The van der Waals surface area contributed by atoms with E-state index in [4.69, 9.17) is 10.5 Å². The summed E-state index contributed by atoms with van der Waals surface area (Å²) in [6, 6.07) is 7.85. The lowest BCUT2D eigenvalue weighted by molar-refractivity contribution is 0.414. The van der Waals surface area contributed by atoms with Gasteiger partial charge in [0, 0.05) is 5.92 Å². The van der Waals surface area contributed by atoms with Crippen molar-refractivity contribution in [2.24, 2.45) is 16.6 Å². The Hall–Kier alpha value is -1.51. The number of benzene rings is 1. The van der Waals surface area contributed by atoms with Crippen LogP contribution >= 0.6 is 0 Å². The van der Waals surface area contributed by atoms with E-state index in [-0.39, 0.29) is 0 Å². The molecule has 3 heteroatoms. The highest BCUT2D eigenvalue weighted by atomic mass is 16.5. The Morgan fingerprint density at radius 3 is 2.80 bits per heavy atom. The molecule has 0 radical (unpaired) electrons. The van der Waals surface area contributed by atoms with Crippen molar-refractivity contribution in [1.29, 1.82) is 0 Å². The first kappa shape index (κ1) is 11.6. The monoisotopic (exact) mass is 206 g/mol. The number of aliphatic imine (C=N–C) groups is 1. The van der Waals surface area contributed by atoms with Gasteiger partial charge in [-0.1, -0.05) is 26.0 Å². The Bertz CT molecular complexity index is 345. The van der Waals surface area contributed by atoms with Gasteiger partial charge in [0.15, 0.2) is 0 Å². The van der Waals surface area contributed by atoms with Crippen molar-refractivity contribution < 1.29 is 4.74 Å². The number of methoxy groups -OCH3 is 1. The average molecular weight is 206 g/mol. The summed E-state index contributed by atoms with van der Waals surface area (Å²) in [5.41, 5.74) is 6.86. The number of hydrogen-bond donors (Lipinski definition) is 1. The molecule has 0 aromatic heterocycles. The first-order valence-electron chi connectivity index (χ1n) is 5.06. The van der Waals surface area contributed by atoms with Crippen LogP contribution < -0.4 is 10.5 Å². The molecule has 2 N–H and O–H groups in total. The van der Waals surface area contributed by atoms with Crippen LogP contribution in [0.25, 0.3) is 0 Å². The summed E-state index contributed by atoms with van der Waals surface area (Å²) in [4.78, 5) is 4.31. The van der Waals surface area contributed by atoms with Gasteiger partial charge in [-0.3, -0.25) is 4.99 Å². The van der Waals surface area contributed by atoms with Crippen LogP contribution in [0.1, 0.15) is 19.4 Å². The average Bonchev–Trinajstić information content (AvgIpc) is 2.26. The normalized spacial score (nSPS) is 11.9. The number of rotatable bonds is 4. The van der Waals surface area contributed by atoms with Crippen LogP contribution in [0.5, 0.6) is 5.75 Å². The predicted octanol–water partition coefficient (Wildman–Crippen LogP) is 2.21. The van der Waals surface area contributed by atoms with Gasteiger partial charge in [-0.25, -0.2) is 0 Å². The highest BCUT2D eigenvalue weighted by Gasteiger charge is 1.99. The minimum atomic E-state index is 0.301. The standard InChI is InChI=1S/C12H18N2O/c1-9(2)12(13)14-8-10-5-4-6-11(7-10)15-3/h4-7,9H,8H2,1-3H3,(H2,13,14). The van der Waals surface area contributed by atoms with Gasteiger partial charge in [0.25, 0.3) is 0 Å². The summed E-state index contributed by atoms with van der Waals surface area (Å²) in [5, 5.41) is 0. The van der Waals surface area contributed by atoms with Gasteiger partial charge in [-0.05, 0) is 17.7 Å². The molecule has 0 saturated carbocycles. The van der Waals surface area contributed by atoms with E-state index in [9.17, 15) is 0 Å².